The molecule has 12 heavy (non-hydrogen) atoms. The van der Waals surface area contributed by atoms with Crippen molar-refractivity contribution in [2.75, 3.05) is 6.61 Å². The van der Waals surface area contributed by atoms with Gasteiger partial charge in [-0.15, -0.1) is 0 Å². The van der Waals surface area contributed by atoms with Gasteiger partial charge in [-0.05, 0) is 31.1 Å². The zero-order valence-corrected chi connectivity index (χ0v) is 8.08. The molecule has 0 aromatic carbocycles. The minimum atomic E-state index is -0.771. The van der Waals surface area contributed by atoms with Crippen molar-refractivity contribution in [3.8, 4) is 0 Å². The predicted molar refractivity (Wildman–Crippen MR) is 48.8 cm³/mol. The van der Waals surface area contributed by atoms with Gasteiger partial charge in [0.25, 0.3) is 0 Å². The van der Waals surface area contributed by atoms with Gasteiger partial charge in [0.05, 0.1) is 12.2 Å². The van der Waals surface area contributed by atoms with Crippen LogP contribution in [0.15, 0.2) is 0 Å². The first-order valence-corrected chi connectivity index (χ1v) is 4.91. The molecular formula is C10H20O2. The van der Waals surface area contributed by atoms with Crippen LogP contribution in [0.1, 0.15) is 39.5 Å². The Morgan fingerprint density at radius 2 is 2.17 bits per heavy atom. The summed E-state index contributed by atoms with van der Waals surface area (Å²) >= 11 is 0. The van der Waals surface area contributed by atoms with Crippen LogP contribution in [0, 0.1) is 11.8 Å². The normalized spacial score (nSPS) is 37.2. The SMILES string of the molecule is CC(C)C1CCCC(O)(CO)C1. The smallest absolute Gasteiger partial charge is 0.0880 e. The fourth-order valence-corrected chi connectivity index (χ4v) is 2.10. The molecule has 72 valence electrons. The lowest BCUT2D eigenvalue weighted by Crippen LogP contribution is -2.39. The monoisotopic (exact) mass is 172 g/mol. The average molecular weight is 172 g/mol. The number of rotatable bonds is 2. The van der Waals surface area contributed by atoms with E-state index in [0.717, 1.165) is 19.3 Å². The molecule has 1 fully saturated rings. The van der Waals surface area contributed by atoms with Crippen LogP contribution in [0.25, 0.3) is 0 Å². The maximum atomic E-state index is 9.85. The Kier molecular flexibility index (Phi) is 3.13. The van der Waals surface area contributed by atoms with Gasteiger partial charge in [-0.2, -0.15) is 0 Å². The second-order valence-electron chi connectivity index (χ2n) is 4.48. The van der Waals surface area contributed by atoms with E-state index in [9.17, 15) is 5.11 Å². The Hall–Kier alpha value is -0.0800. The largest absolute Gasteiger partial charge is 0.393 e. The quantitative estimate of drug-likeness (QED) is 0.663. The molecule has 2 nitrogen and oxygen atoms in total. The van der Waals surface area contributed by atoms with Crippen LogP contribution in [0.4, 0.5) is 0 Å². The highest BCUT2D eigenvalue weighted by Gasteiger charge is 2.34. The van der Waals surface area contributed by atoms with E-state index >= 15 is 0 Å². The molecule has 1 aliphatic rings. The van der Waals surface area contributed by atoms with E-state index in [0.29, 0.717) is 11.8 Å². The van der Waals surface area contributed by atoms with Crippen LogP contribution >= 0.6 is 0 Å². The maximum Gasteiger partial charge on any atom is 0.0880 e. The molecule has 2 atom stereocenters. The second kappa shape index (κ2) is 3.75. The van der Waals surface area contributed by atoms with E-state index in [4.69, 9.17) is 5.11 Å². The lowest BCUT2D eigenvalue weighted by Gasteiger charge is -2.37. The van der Waals surface area contributed by atoms with Gasteiger partial charge in [0.15, 0.2) is 0 Å². The molecule has 2 N–H and O–H groups in total. The van der Waals surface area contributed by atoms with E-state index in [-0.39, 0.29) is 6.61 Å². The first-order valence-electron chi connectivity index (χ1n) is 4.91. The van der Waals surface area contributed by atoms with Crippen LogP contribution in [-0.4, -0.2) is 22.4 Å². The van der Waals surface area contributed by atoms with Gasteiger partial charge in [-0.1, -0.05) is 20.3 Å². The van der Waals surface area contributed by atoms with Gasteiger partial charge in [0.2, 0.25) is 0 Å². The van der Waals surface area contributed by atoms with Gasteiger partial charge in [0.1, 0.15) is 0 Å². The van der Waals surface area contributed by atoms with Gasteiger partial charge in [-0.25, -0.2) is 0 Å². The van der Waals surface area contributed by atoms with Crippen molar-refractivity contribution >= 4 is 0 Å². The lowest BCUT2D eigenvalue weighted by molar-refractivity contribution is -0.0632. The number of hydrogen-bond acceptors (Lipinski definition) is 2. The Labute approximate surface area is 74.6 Å². The van der Waals surface area contributed by atoms with Crippen molar-refractivity contribution in [2.45, 2.75) is 45.1 Å². The van der Waals surface area contributed by atoms with Crippen LogP contribution in [0.5, 0.6) is 0 Å². The fourth-order valence-electron chi connectivity index (χ4n) is 2.10. The molecule has 1 rings (SSSR count). The summed E-state index contributed by atoms with van der Waals surface area (Å²) < 4.78 is 0. The second-order valence-corrected chi connectivity index (χ2v) is 4.48. The summed E-state index contributed by atoms with van der Waals surface area (Å²) in [4.78, 5) is 0. The molecule has 0 saturated heterocycles. The maximum absolute atomic E-state index is 9.85. The molecule has 0 aliphatic heterocycles. The van der Waals surface area contributed by atoms with E-state index in [1.54, 1.807) is 0 Å². The molecule has 1 saturated carbocycles. The summed E-state index contributed by atoms with van der Waals surface area (Å²) in [6.07, 6.45) is 3.81. The van der Waals surface area contributed by atoms with Crippen LogP contribution in [-0.2, 0) is 0 Å². The highest BCUT2D eigenvalue weighted by Crippen LogP contribution is 2.35. The Bertz CT molecular complexity index is 145. The molecule has 0 amide bonds. The first kappa shape index (κ1) is 10.0. The summed E-state index contributed by atoms with van der Waals surface area (Å²) in [6, 6.07) is 0. The van der Waals surface area contributed by atoms with Crippen molar-refractivity contribution in [3.63, 3.8) is 0 Å². The molecule has 2 unspecified atom stereocenters. The van der Waals surface area contributed by atoms with E-state index < -0.39 is 5.60 Å². The zero-order valence-electron chi connectivity index (χ0n) is 8.08. The Morgan fingerprint density at radius 3 is 2.67 bits per heavy atom. The van der Waals surface area contributed by atoms with Crippen molar-refractivity contribution in [1.82, 2.24) is 0 Å². The first-order chi connectivity index (χ1) is 5.57. The number of hydrogen-bond donors (Lipinski definition) is 2. The van der Waals surface area contributed by atoms with Gasteiger partial charge < -0.3 is 10.2 Å². The summed E-state index contributed by atoms with van der Waals surface area (Å²) in [7, 11) is 0. The third-order valence-electron chi connectivity index (χ3n) is 3.10. The third kappa shape index (κ3) is 2.20. The molecule has 0 radical (unpaired) electrons. The third-order valence-corrected chi connectivity index (χ3v) is 3.10. The Morgan fingerprint density at radius 1 is 1.50 bits per heavy atom. The van der Waals surface area contributed by atoms with Crippen LogP contribution < -0.4 is 0 Å². The molecular weight excluding hydrogens is 152 g/mol. The van der Waals surface area contributed by atoms with Gasteiger partial charge in [-0.3, -0.25) is 0 Å². The minimum Gasteiger partial charge on any atom is -0.393 e. The molecule has 0 aromatic heterocycles. The molecule has 1 aliphatic carbocycles. The van der Waals surface area contributed by atoms with Crippen molar-refractivity contribution < 1.29 is 10.2 Å². The molecule has 0 bridgehead atoms. The summed E-state index contributed by atoms with van der Waals surface area (Å²) in [5.74, 6) is 1.22. The molecule has 2 heteroatoms. The molecule has 0 spiro atoms. The van der Waals surface area contributed by atoms with E-state index in [1.165, 1.54) is 6.42 Å². The van der Waals surface area contributed by atoms with Gasteiger partial charge in [0, 0.05) is 0 Å². The highest BCUT2D eigenvalue weighted by molar-refractivity contribution is 4.86. The zero-order chi connectivity index (χ0) is 9.19. The Balaban J connectivity index is 2.51. The minimum absolute atomic E-state index is 0.0732. The predicted octanol–water partition coefficient (Wildman–Crippen LogP) is 1.56. The highest BCUT2D eigenvalue weighted by atomic mass is 16.3. The lowest BCUT2D eigenvalue weighted by atomic mass is 9.74. The summed E-state index contributed by atoms with van der Waals surface area (Å²) in [5.41, 5.74) is -0.771. The fraction of sp³-hybridized carbons (Fsp3) is 1.00. The molecule has 0 aromatic rings. The van der Waals surface area contributed by atoms with Crippen LogP contribution in [0.3, 0.4) is 0 Å². The summed E-state index contributed by atoms with van der Waals surface area (Å²) in [5, 5.41) is 18.8. The van der Waals surface area contributed by atoms with Crippen LogP contribution in [0.2, 0.25) is 0 Å². The number of aliphatic hydroxyl groups excluding tert-OH is 1. The topological polar surface area (TPSA) is 40.5 Å². The van der Waals surface area contributed by atoms with Gasteiger partial charge >= 0.3 is 0 Å². The molecule has 0 heterocycles. The number of aliphatic hydroxyl groups is 2. The average Bonchev–Trinajstić information content (AvgIpc) is 2.05. The van der Waals surface area contributed by atoms with Crippen molar-refractivity contribution in [3.05, 3.63) is 0 Å². The summed E-state index contributed by atoms with van der Waals surface area (Å²) in [6.45, 7) is 4.30. The van der Waals surface area contributed by atoms with Crippen molar-refractivity contribution in [2.24, 2.45) is 11.8 Å². The van der Waals surface area contributed by atoms with E-state index in [1.807, 2.05) is 0 Å². The van der Waals surface area contributed by atoms with Crippen molar-refractivity contribution in [1.29, 1.82) is 0 Å². The standard InChI is InChI=1S/C10H20O2/c1-8(2)9-4-3-5-10(12,6-9)7-11/h8-9,11-12H,3-7H2,1-2H3. The van der Waals surface area contributed by atoms with E-state index in [2.05, 4.69) is 13.8 Å².